The zero-order valence-electron chi connectivity index (χ0n) is 10.7. The summed E-state index contributed by atoms with van der Waals surface area (Å²) in [5.41, 5.74) is 1.80. The zero-order valence-corrected chi connectivity index (χ0v) is 10.7. The monoisotopic (exact) mass is 245 g/mol. The third kappa shape index (κ3) is 3.17. The highest BCUT2D eigenvalue weighted by Gasteiger charge is 2.10. The average Bonchev–Trinajstić information content (AvgIpc) is 2.45. The van der Waals surface area contributed by atoms with Crippen LogP contribution in [0.3, 0.4) is 0 Å². The van der Waals surface area contributed by atoms with Gasteiger partial charge in [-0.1, -0.05) is 6.07 Å². The Kier molecular flexibility index (Phi) is 4.47. The van der Waals surface area contributed by atoms with Crippen LogP contribution in [0.2, 0.25) is 0 Å². The van der Waals surface area contributed by atoms with Crippen molar-refractivity contribution in [2.75, 3.05) is 20.2 Å². The Bertz CT molecular complexity index is 437. The van der Waals surface area contributed by atoms with Crippen LogP contribution in [0.25, 0.3) is 0 Å². The molecule has 0 radical (unpaired) electrons. The highest BCUT2D eigenvalue weighted by Crippen LogP contribution is 2.27. The third-order valence-electron chi connectivity index (χ3n) is 3.12. The molecule has 1 aliphatic rings. The minimum atomic E-state index is 0.439. The van der Waals surface area contributed by atoms with Crippen molar-refractivity contribution in [2.45, 2.75) is 18.9 Å². The molecule has 18 heavy (non-hydrogen) atoms. The summed E-state index contributed by atoms with van der Waals surface area (Å²) in [5, 5.41) is 3.33. The van der Waals surface area contributed by atoms with E-state index in [9.17, 15) is 0 Å². The lowest BCUT2D eigenvalue weighted by Crippen LogP contribution is -2.29. The van der Waals surface area contributed by atoms with Gasteiger partial charge in [-0.2, -0.15) is 0 Å². The molecular formula is C14H19N3O. The van der Waals surface area contributed by atoms with Gasteiger partial charge in [-0.05, 0) is 50.3 Å². The fraction of sp³-hybridized carbons (Fsp3) is 0.429. The maximum absolute atomic E-state index is 5.26. The quantitative estimate of drug-likeness (QED) is 0.827. The van der Waals surface area contributed by atoms with Crippen molar-refractivity contribution < 1.29 is 4.74 Å². The molecular weight excluding hydrogens is 226 g/mol. The molecule has 1 aromatic carbocycles. The lowest BCUT2D eigenvalue weighted by Gasteiger charge is -2.18. The van der Waals surface area contributed by atoms with Crippen molar-refractivity contribution in [1.82, 2.24) is 5.32 Å². The molecule has 1 aliphatic heterocycles. The minimum absolute atomic E-state index is 0.439. The Morgan fingerprint density at radius 1 is 1.39 bits per heavy atom. The zero-order chi connectivity index (χ0) is 12.8. The molecule has 4 heteroatoms. The smallest absolute Gasteiger partial charge is 0.145 e. The van der Waals surface area contributed by atoms with Crippen LogP contribution in [0, 0.1) is 0 Å². The lowest BCUT2D eigenvalue weighted by molar-refractivity contribution is 0.416. The Balaban J connectivity index is 2.08. The molecule has 2 rings (SSSR count). The summed E-state index contributed by atoms with van der Waals surface area (Å²) in [7, 11) is 1.64. The number of piperidine rings is 1. The predicted octanol–water partition coefficient (Wildman–Crippen LogP) is 2.20. The Labute approximate surface area is 108 Å². The topological polar surface area (TPSA) is 46.0 Å². The number of benzene rings is 1. The second-order valence-corrected chi connectivity index (χ2v) is 4.35. The lowest BCUT2D eigenvalue weighted by atomic mass is 10.1. The summed E-state index contributed by atoms with van der Waals surface area (Å²) in [4.78, 5) is 8.52. The van der Waals surface area contributed by atoms with Crippen LogP contribution in [-0.4, -0.2) is 39.2 Å². The fourth-order valence-electron chi connectivity index (χ4n) is 2.05. The van der Waals surface area contributed by atoms with Crippen molar-refractivity contribution in [3.8, 4) is 5.75 Å². The van der Waals surface area contributed by atoms with Gasteiger partial charge in [-0.3, -0.25) is 9.98 Å². The van der Waals surface area contributed by atoms with Gasteiger partial charge in [0.2, 0.25) is 0 Å². The molecule has 1 fully saturated rings. The van der Waals surface area contributed by atoms with Crippen molar-refractivity contribution in [3.05, 3.63) is 23.8 Å². The van der Waals surface area contributed by atoms with Crippen molar-refractivity contribution in [2.24, 2.45) is 9.98 Å². The highest BCUT2D eigenvalue weighted by molar-refractivity contribution is 5.82. The van der Waals surface area contributed by atoms with E-state index in [0.29, 0.717) is 6.04 Å². The first-order chi connectivity index (χ1) is 8.83. The molecule has 0 aliphatic carbocycles. The molecule has 0 spiro atoms. The second kappa shape index (κ2) is 6.31. The van der Waals surface area contributed by atoms with Gasteiger partial charge in [0.25, 0.3) is 0 Å². The standard InChI is InChI=1S/C14H19N3O/c1-15-13-4-3-11(9-14(13)18-2)10-17-12-5-7-16-8-6-12/h3-4,9-10,12,16H,1,5-8H2,2H3. The number of methoxy groups -OCH3 is 1. The Morgan fingerprint density at radius 2 is 2.17 bits per heavy atom. The van der Waals surface area contributed by atoms with E-state index in [1.165, 1.54) is 0 Å². The summed E-state index contributed by atoms with van der Waals surface area (Å²) in [6.07, 6.45) is 4.14. The first-order valence-electron chi connectivity index (χ1n) is 6.22. The fourth-order valence-corrected chi connectivity index (χ4v) is 2.05. The van der Waals surface area contributed by atoms with E-state index >= 15 is 0 Å². The molecule has 0 saturated carbocycles. The molecule has 1 heterocycles. The number of hydrogen-bond acceptors (Lipinski definition) is 4. The Hall–Kier alpha value is -1.68. The molecule has 0 atom stereocenters. The van der Waals surface area contributed by atoms with Gasteiger partial charge in [0.15, 0.2) is 0 Å². The maximum Gasteiger partial charge on any atom is 0.145 e. The van der Waals surface area contributed by atoms with Gasteiger partial charge in [-0.15, -0.1) is 0 Å². The van der Waals surface area contributed by atoms with E-state index in [4.69, 9.17) is 4.74 Å². The Morgan fingerprint density at radius 3 is 2.83 bits per heavy atom. The summed E-state index contributed by atoms with van der Waals surface area (Å²) in [5.74, 6) is 0.735. The first-order valence-corrected chi connectivity index (χ1v) is 6.22. The SMILES string of the molecule is C=Nc1ccc(C=NC2CCNCC2)cc1OC. The summed E-state index contributed by atoms with van der Waals surface area (Å²) in [6.45, 7) is 5.64. The van der Waals surface area contributed by atoms with Gasteiger partial charge in [0.1, 0.15) is 11.4 Å². The van der Waals surface area contributed by atoms with Crippen LogP contribution in [0.5, 0.6) is 5.75 Å². The maximum atomic E-state index is 5.26. The van der Waals surface area contributed by atoms with Gasteiger partial charge in [0.05, 0.1) is 13.2 Å². The van der Waals surface area contributed by atoms with Gasteiger partial charge in [0, 0.05) is 6.21 Å². The average molecular weight is 245 g/mol. The van der Waals surface area contributed by atoms with Crippen LogP contribution in [0.1, 0.15) is 18.4 Å². The van der Waals surface area contributed by atoms with Crippen LogP contribution >= 0.6 is 0 Å². The molecule has 0 bridgehead atoms. The largest absolute Gasteiger partial charge is 0.494 e. The number of nitrogens with zero attached hydrogens (tertiary/aromatic N) is 2. The van der Waals surface area contributed by atoms with Crippen LogP contribution in [0.15, 0.2) is 28.2 Å². The number of hydrogen-bond donors (Lipinski definition) is 1. The molecule has 4 nitrogen and oxygen atoms in total. The van der Waals surface area contributed by atoms with Gasteiger partial charge < -0.3 is 10.1 Å². The molecule has 0 aromatic heterocycles. The molecule has 1 saturated heterocycles. The molecule has 1 N–H and O–H groups in total. The molecule has 1 aromatic rings. The van der Waals surface area contributed by atoms with E-state index in [0.717, 1.165) is 42.9 Å². The first kappa shape index (κ1) is 12.8. The van der Waals surface area contributed by atoms with Crippen molar-refractivity contribution in [3.63, 3.8) is 0 Å². The van der Waals surface area contributed by atoms with Crippen molar-refractivity contribution in [1.29, 1.82) is 0 Å². The van der Waals surface area contributed by atoms with Crippen LogP contribution in [0.4, 0.5) is 5.69 Å². The van der Waals surface area contributed by atoms with E-state index in [1.54, 1.807) is 7.11 Å². The number of nitrogens with one attached hydrogen (secondary N) is 1. The number of aliphatic imine (C=N–C) groups is 2. The van der Waals surface area contributed by atoms with Crippen LogP contribution in [-0.2, 0) is 0 Å². The van der Waals surface area contributed by atoms with E-state index < -0.39 is 0 Å². The van der Waals surface area contributed by atoms with E-state index in [2.05, 4.69) is 22.0 Å². The molecule has 0 unspecified atom stereocenters. The second-order valence-electron chi connectivity index (χ2n) is 4.35. The number of ether oxygens (including phenoxy) is 1. The summed E-state index contributed by atoms with van der Waals surface area (Å²) in [6, 6.07) is 6.26. The van der Waals surface area contributed by atoms with Crippen LogP contribution < -0.4 is 10.1 Å². The van der Waals surface area contributed by atoms with E-state index in [-0.39, 0.29) is 0 Å². The van der Waals surface area contributed by atoms with Gasteiger partial charge in [-0.25, -0.2) is 0 Å². The third-order valence-corrected chi connectivity index (χ3v) is 3.12. The summed E-state index contributed by atoms with van der Waals surface area (Å²) >= 11 is 0. The van der Waals surface area contributed by atoms with Gasteiger partial charge >= 0.3 is 0 Å². The van der Waals surface area contributed by atoms with E-state index in [1.807, 2.05) is 24.4 Å². The molecule has 96 valence electrons. The summed E-state index contributed by atoms with van der Waals surface area (Å²) < 4.78 is 5.26. The molecule has 0 amide bonds. The normalized spacial score (nSPS) is 16.9. The number of rotatable bonds is 4. The predicted molar refractivity (Wildman–Crippen MR) is 75.7 cm³/mol. The highest BCUT2D eigenvalue weighted by atomic mass is 16.5. The minimum Gasteiger partial charge on any atom is -0.494 e. The van der Waals surface area contributed by atoms with Crippen molar-refractivity contribution >= 4 is 18.6 Å².